The van der Waals surface area contributed by atoms with E-state index in [1.807, 2.05) is 6.20 Å². The number of nitrogens with zero attached hydrogens (tertiary/aromatic N) is 2. The fraction of sp³-hybridized carbons (Fsp3) is 0.267. The molecule has 0 saturated heterocycles. The van der Waals surface area contributed by atoms with Gasteiger partial charge in [-0.2, -0.15) is 0 Å². The minimum atomic E-state index is 0.362. The molecule has 2 aliphatic heterocycles. The van der Waals surface area contributed by atoms with Crippen LogP contribution in [0.4, 0.5) is 0 Å². The van der Waals surface area contributed by atoms with Crippen molar-refractivity contribution in [1.82, 2.24) is 9.88 Å². The minimum absolute atomic E-state index is 0.362. The summed E-state index contributed by atoms with van der Waals surface area (Å²) in [6.45, 7) is 0. The molecule has 2 unspecified atom stereocenters. The van der Waals surface area contributed by atoms with Crippen LogP contribution in [-0.2, 0) is 6.42 Å². The molecule has 0 aliphatic carbocycles. The third kappa shape index (κ3) is 1.11. The second-order valence-corrected chi connectivity index (χ2v) is 4.96. The molecule has 0 saturated carbocycles. The number of likely N-dealkylation sites (N-methyl/N-ethyl adjacent to an activating group) is 1. The van der Waals surface area contributed by atoms with Crippen LogP contribution in [0, 0.1) is 0 Å². The fourth-order valence-electron chi connectivity index (χ4n) is 3.35. The molecule has 2 atom stereocenters. The first-order chi connectivity index (χ1) is 8.36. The van der Waals surface area contributed by atoms with Crippen molar-refractivity contribution in [2.24, 2.45) is 0 Å². The van der Waals surface area contributed by atoms with E-state index in [0.717, 1.165) is 6.42 Å². The van der Waals surface area contributed by atoms with Crippen LogP contribution < -0.4 is 0 Å². The van der Waals surface area contributed by atoms with Crippen molar-refractivity contribution in [2.75, 3.05) is 7.05 Å². The maximum absolute atomic E-state index is 4.61. The lowest BCUT2D eigenvalue weighted by Gasteiger charge is -2.33. The van der Waals surface area contributed by atoms with Crippen molar-refractivity contribution in [1.29, 1.82) is 0 Å². The summed E-state index contributed by atoms with van der Waals surface area (Å²) in [6, 6.07) is 13.9. The number of benzene rings is 1. The zero-order valence-corrected chi connectivity index (χ0v) is 9.80. The van der Waals surface area contributed by atoms with Crippen molar-refractivity contribution in [2.45, 2.75) is 18.5 Å². The highest BCUT2D eigenvalue weighted by molar-refractivity contribution is 5.47. The fourth-order valence-corrected chi connectivity index (χ4v) is 3.35. The van der Waals surface area contributed by atoms with Gasteiger partial charge in [0.05, 0.1) is 11.7 Å². The van der Waals surface area contributed by atoms with Crippen LogP contribution >= 0.6 is 0 Å². The number of fused-ring (bicyclic) bond motifs is 7. The maximum Gasteiger partial charge on any atom is 0.0785 e. The average molecular weight is 222 g/mol. The Morgan fingerprint density at radius 2 is 1.94 bits per heavy atom. The highest BCUT2D eigenvalue weighted by Gasteiger charge is 2.42. The summed E-state index contributed by atoms with van der Waals surface area (Å²) < 4.78 is 0. The van der Waals surface area contributed by atoms with Gasteiger partial charge in [0.2, 0.25) is 0 Å². The zero-order valence-electron chi connectivity index (χ0n) is 9.80. The summed E-state index contributed by atoms with van der Waals surface area (Å²) in [7, 11) is 2.22. The molecule has 0 amide bonds. The molecule has 1 aromatic heterocycles. The number of pyridine rings is 1. The molecule has 1 aromatic carbocycles. The van der Waals surface area contributed by atoms with E-state index in [0.29, 0.717) is 12.1 Å². The van der Waals surface area contributed by atoms with Gasteiger partial charge in [-0.25, -0.2) is 0 Å². The first-order valence-electron chi connectivity index (χ1n) is 6.11. The summed E-state index contributed by atoms with van der Waals surface area (Å²) in [5.74, 6) is 0. The summed E-state index contributed by atoms with van der Waals surface area (Å²) in [5.41, 5.74) is 5.59. The van der Waals surface area contributed by atoms with E-state index >= 15 is 0 Å². The molecule has 2 nitrogen and oxygen atoms in total. The van der Waals surface area contributed by atoms with Crippen LogP contribution in [0.3, 0.4) is 0 Å². The van der Waals surface area contributed by atoms with Gasteiger partial charge in [-0.3, -0.25) is 9.88 Å². The lowest BCUT2D eigenvalue weighted by Crippen LogP contribution is -2.29. The number of rotatable bonds is 0. The van der Waals surface area contributed by atoms with Gasteiger partial charge in [0.15, 0.2) is 0 Å². The highest BCUT2D eigenvalue weighted by atomic mass is 15.2. The van der Waals surface area contributed by atoms with E-state index in [4.69, 9.17) is 0 Å². The third-order valence-corrected chi connectivity index (χ3v) is 4.15. The monoisotopic (exact) mass is 222 g/mol. The van der Waals surface area contributed by atoms with Gasteiger partial charge < -0.3 is 0 Å². The Kier molecular flexibility index (Phi) is 1.75. The Morgan fingerprint density at radius 3 is 2.88 bits per heavy atom. The Bertz CT molecular complexity index is 580. The van der Waals surface area contributed by atoms with Crippen LogP contribution in [0.5, 0.6) is 0 Å². The van der Waals surface area contributed by atoms with Crippen LogP contribution in [0.1, 0.15) is 34.5 Å². The van der Waals surface area contributed by atoms with Crippen LogP contribution in [0.15, 0.2) is 42.6 Å². The van der Waals surface area contributed by atoms with Gasteiger partial charge in [0, 0.05) is 12.2 Å². The maximum atomic E-state index is 4.61. The smallest absolute Gasteiger partial charge is 0.0785 e. The molecule has 4 rings (SSSR count). The van der Waals surface area contributed by atoms with Crippen LogP contribution in [-0.4, -0.2) is 16.9 Å². The normalized spacial score (nSPS) is 25.5. The molecule has 3 heterocycles. The van der Waals surface area contributed by atoms with E-state index in [1.165, 1.54) is 22.4 Å². The van der Waals surface area contributed by atoms with Crippen molar-refractivity contribution in [3.8, 4) is 0 Å². The standard InChI is InChI=1S/C15H14N2/c1-17-13-9-10-5-2-3-6-11(10)15(17)14-12(13)7-4-8-16-14/h2-8,13,15H,9H2,1H3. The van der Waals surface area contributed by atoms with Gasteiger partial charge in [-0.1, -0.05) is 30.3 Å². The Morgan fingerprint density at radius 1 is 1.12 bits per heavy atom. The Hall–Kier alpha value is -1.67. The number of hydrogen-bond donors (Lipinski definition) is 0. The predicted octanol–water partition coefficient (Wildman–Crippen LogP) is 2.71. The molecular formula is C15H14N2. The SMILES string of the molecule is CN1C2Cc3ccccc3C1c1ncccc12. The molecule has 0 radical (unpaired) electrons. The largest absolute Gasteiger partial charge is 0.287 e. The lowest BCUT2D eigenvalue weighted by molar-refractivity contribution is 0.212. The van der Waals surface area contributed by atoms with Crippen molar-refractivity contribution in [3.05, 3.63) is 65.0 Å². The molecule has 0 spiro atoms. The summed E-state index contributed by atoms with van der Waals surface area (Å²) in [5, 5.41) is 0. The third-order valence-electron chi connectivity index (χ3n) is 4.15. The molecule has 17 heavy (non-hydrogen) atoms. The second-order valence-electron chi connectivity index (χ2n) is 4.96. The van der Waals surface area contributed by atoms with E-state index < -0.39 is 0 Å². The van der Waals surface area contributed by atoms with E-state index in [1.54, 1.807) is 0 Å². The van der Waals surface area contributed by atoms with E-state index in [2.05, 4.69) is 53.3 Å². The molecule has 84 valence electrons. The lowest BCUT2D eigenvalue weighted by atomic mass is 9.93. The number of hydrogen-bond acceptors (Lipinski definition) is 2. The Labute approximate surface area is 101 Å². The van der Waals surface area contributed by atoms with Gasteiger partial charge >= 0.3 is 0 Å². The highest BCUT2D eigenvalue weighted by Crippen LogP contribution is 2.49. The molecule has 2 heteroatoms. The summed E-state index contributed by atoms with van der Waals surface area (Å²) >= 11 is 0. The molecule has 2 aromatic rings. The molecule has 0 N–H and O–H groups in total. The molecular weight excluding hydrogens is 208 g/mol. The van der Waals surface area contributed by atoms with Crippen molar-refractivity contribution >= 4 is 0 Å². The van der Waals surface area contributed by atoms with Gasteiger partial charge in [0.1, 0.15) is 0 Å². The van der Waals surface area contributed by atoms with Crippen LogP contribution in [0.25, 0.3) is 0 Å². The van der Waals surface area contributed by atoms with E-state index in [-0.39, 0.29) is 0 Å². The summed E-state index contributed by atoms with van der Waals surface area (Å²) in [4.78, 5) is 7.07. The second kappa shape index (κ2) is 3.17. The predicted molar refractivity (Wildman–Crippen MR) is 66.7 cm³/mol. The van der Waals surface area contributed by atoms with E-state index in [9.17, 15) is 0 Å². The molecule has 2 bridgehead atoms. The van der Waals surface area contributed by atoms with Crippen LogP contribution in [0.2, 0.25) is 0 Å². The molecule has 2 aliphatic rings. The van der Waals surface area contributed by atoms with Gasteiger partial charge in [0.25, 0.3) is 0 Å². The van der Waals surface area contributed by atoms with Gasteiger partial charge in [-0.15, -0.1) is 0 Å². The first kappa shape index (κ1) is 9.37. The Balaban J connectivity index is 2.00. The average Bonchev–Trinajstić information content (AvgIpc) is 2.56. The topological polar surface area (TPSA) is 16.1 Å². The quantitative estimate of drug-likeness (QED) is 0.681. The molecule has 0 fully saturated rings. The van der Waals surface area contributed by atoms with Gasteiger partial charge in [-0.05, 0) is 36.2 Å². The first-order valence-corrected chi connectivity index (χ1v) is 6.11. The van der Waals surface area contributed by atoms with Crippen molar-refractivity contribution < 1.29 is 0 Å². The minimum Gasteiger partial charge on any atom is -0.287 e. The van der Waals surface area contributed by atoms with Crippen molar-refractivity contribution in [3.63, 3.8) is 0 Å². The summed E-state index contributed by atoms with van der Waals surface area (Å²) in [6.07, 6.45) is 3.03. The number of aromatic nitrogens is 1. The zero-order chi connectivity index (χ0) is 11.4.